The molecule has 114 valence electrons. The summed E-state index contributed by atoms with van der Waals surface area (Å²) in [7, 11) is 1.92. The van der Waals surface area contributed by atoms with E-state index in [4.69, 9.17) is 4.74 Å². The number of fused-ring (bicyclic) bond motifs is 1. The van der Waals surface area contributed by atoms with Crippen molar-refractivity contribution in [2.24, 2.45) is 12.0 Å². The van der Waals surface area contributed by atoms with Crippen LogP contribution in [0.2, 0.25) is 0 Å². The van der Waals surface area contributed by atoms with E-state index in [9.17, 15) is 4.79 Å². The van der Waals surface area contributed by atoms with Crippen molar-refractivity contribution >= 4 is 38.8 Å². The molecule has 2 heterocycles. The number of para-hydroxylation sites is 1. The molecule has 22 heavy (non-hydrogen) atoms. The Balaban J connectivity index is 2.00. The molecule has 4 nitrogen and oxygen atoms in total. The van der Waals surface area contributed by atoms with E-state index in [0.29, 0.717) is 17.8 Å². The second kappa shape index (κ2) is 6.46. The molecule has 0 aliphatic carbocycles. The Labute approximate surface area is 136 Å². The molecule has 0 spiro atoms. The Morgan fingerprint density at radius 1 is 1.32 bits per heavy atom. The zero-order chi connectivity index (χ0) is 15.5. The van der Waals surface area contributed by atoms with Crippen molar-refractivity contribution < 1.29 is 9.53 Å². The average Bonchev–Trinajstić information content (AvgIpc) is 3.09. The van der Waals surface area contributed by atoms with Gasteiger partial charge in [-0.05, 0) is 30.5 Å². The molecule has 0 radical (unpaired) electrons. The molecule has 0 aliphatic heterocycles. The van der Waals surface area contributed by atoms with Crippen molar-refractivity contribution in [1.82, 2.24) is 4.57 Å². The lowest BCUT2D eigenvalue weighted by molar-refractivity contribution is -0.117. The first kappa shape index (κ1) is 15.0. The topological polar surface area (TPSA) is 43.6 Å². The van der Waals surface area contributed by atoms with E-state index in [0.717, 1.165) is 20.8 Å². The number of aromatic nitrogens is 1. The van der Waals surface area contributed by atoms with Crippen molar-refractivity contribution in [3.05, 3.63) is 45.4 Å². The van der Waals surface area contributed by atoms with Gasteiger partial charge in [-0.1, -0.05) is 23.5 Å². The van der Waals surface area contributed by atoms with Crippen molar-refractivity contribution in [3.8, 4) is 5.75 Å². The molecule has 1 amide bonds. The summed E-state index contributed by atoms with van der Waals surface area (Å²) in [5.41, 5.74) is 0.983. The molecule has 6 heteroatoms. The summed E-state index contributed by atoms with van der Waals surface area (Å²) in [6.45, 7) is 2.57. The van der Waals surface area contributed by atoms with Crippen LogP contribution < -0.4 is 9.54 Å². The molecule has 0 saturated carbocycles. The predicted molar refractivity (Wildman–Crippen MR) is 90.6 cm³/mol. The van der Waals surface area contributed by atoms with E-state index < -0.39 is 0 Å². The highest BCUT2D eigenvalue weighted by Gasteiger charge is 2.10. The first-order valence-corrected chi connectivity index (χ1v) is 8.70. The van der Waals surface area contributed by atoms with Crippen LogP contribution in [0.3, 0.4) is 0 Å². The van der Waals surface area contributed by atoms with Crippen LogP contribution in [-0.2, 0) is 18.3 Å². The lowest BCUT2D eigenvalue weighted by Crippen LogP contribution is -2.14. The molecule has 0 N–H and O–H groups in total. The minimum atomic E-state index is -0.123. The van der Waals surface area contributed by atoms with Gasteiger partial charge in [0.25, 0.3) is 5.91 Å². The number of thiophene rings is 1. The lowest BCUT2D eigenvalue weighted by atomic mass is 10.3. The van der Waals surface area contributed by atoms with E-state index in [-0.39, 0.29) is 5.91 Å². The van der Waals surface area contributed by atoms with Crippen LogP contribution in [0.4, 0.5) is 0 Å². The number of carbonyl (C=O) groups excluding carboxylic acids is 1. The van der Waals surface area contributed by atoms with E-state index in [1.165, 1.54) is 11.3 Å². The molecule has 0 unspecified atom stereocenters. The zero-order valence-electron chi connectivity index (χ0n) is 12.4. The fourth-order valence-corrected chi connectivity index (χ4v) is 4.00. The molecular formula is C16H16N2O2S2. The van der Waals surface area contributed by atoms with E-state index >= 15 is 0 Å². The lowest BCUT2D eigenvalue weighted by Gasteiger charge is -2.05. The van der Waals surface area contributed by atoms with Gasteiger partial charge < -0.3 is 9.30 Å². The van der Waals surface area contributed by atoms with E-state index in [1.54, 1.807) is 11.3 Å². The number of nitrogens with zero attached hydrogens (tertiary/aromatic N) is 2. The van der Waals surface area contributed by atoms with Gasteiger partial charge in [0.1, 0.15) is 11.3 Å². The van der Waals surface area contributed by atoms with Crippen LogP contribution in [0, 0.1) is 0 Å². The van der Waals surface area contributed by atoms with E-state index in [2.05, 4.69) is 4.99 Å². The Kier molecular flexibility index (Phi) is 4.40. The number of carbonyl (C=O) groups is 1. The molecular weight excluding hydrogens is 316 g/mol. The van der Waals surface area contributed by atoms with Gasteiger partial charge in [-0.15, -0.1) is 11.3 Å². The van der Waals surface area contributed by atoms with Crippen molar-refractivity contribution in [1.29, 1.82) is 0 Å². The number of hydrogen-bond donors (Lipinski definition) is 0. The standard InChI is InChI=1S/C16H16N2O2S2/c1-3-20-12-7-4-8-13-15(12)18(2)16(22-13)17-14(19)10-11-6-5-9-21-11/h4-9H,3,10H2,1-2H3. The molecule has 0 fully saturated rings. The van der Waals surface area contributed by atoms with Crippen LogP contribution >= 0.6 is 22.7 Å². The van der Waals surface area contributed by atoms with Gasteiger partial charge in [0.05, 0.1) is 17.7 Å². The maximum absolute atomic E-state index is 12.1. The smallest absolute Gasteiger partial charge is 0.253 e. The third kappa shape index (κ3) is 2.98. The highest BCUT2D eigenvalue weighted by Crippen LogP contribution is 2.26. The highest BCUT2D eigenvalue weighted by molar-refractivity contribution is 7.16. The molecule has 3 rings (SSSR count). The zero-order valence-corrected chi connectivity index (χ0v) is 14.0. The Morgan fingerprint density at radius 3 is 2.91 bits per heavy atom. The van der Waals surface area contributed by atoms with Gasteiger partial charge in [0.15, 0.2) is 4.80 Å². The molecule has 1 aromatic carbocycles. The molecule has 3 aromatic rings. The Hall–Kier alpha value is -1.92. The van der Waals surface area contributed by atoms with Crippen LogP contribution in [0.1, 0.15) is 11.8 Å². The monoisotopic (exact) mass is 332 g/mol. The van der Waals surface area contributed by atoms with Crippen LogP contribution in [0.15, 0.2) is 40.7 Å². The summed E-state index contributed by atoms with van der Waals surface area (Å²) in [6, 6.07) is 9.82. The molecule has 0 bridgehead atoms. The summed E-state index contributed by atoms with van der Waals surface area (Å²) in [5, 5.41) is 1.97. The van der Waals surface area contributed by atoms with Crippen molar-refractivity contribution in [3.63, 3.8) is 0 Å². The van der Waals surface area contributed by atoms with Gasteiger partial charge in [0, 0.05) is 11.9 Å². The SMILES string of the molecule is CCOc1cccc2sc(=NC(=O)Cc3cccs3)n(C)c12. The maximum Gasteiger partial charge on any atom is 0.253 e. The quantitative estimate of drug-likeness (QED) is 0.735. The van der Waals surface area contributed by atoms with Crippen LogP contribution in [-0.4, -0.2) is 17.1 Å². The minimum Gasteiger partial charge on any atom is -0.492 e. The number of hydrogen-bond acceptors (Lipinski definition) is 4. The fourth-order valence-electron chi connectivity index (χ4n) is 2.26. The largest absolute Gasteiger partial charge is 0.492 e. The highest BCUT2D eigenvalue weighted by atomic mass is 32.1. The molecule has 0 atom stereocenters. The van der Waals surface area contributed by atoms with Gasteiger partial charge >= 0.3 is 0 Å². The fraction of sp³-hybridized carbons (Fsp3) is 0.250. The molecule has 0 saturated heterocycles. The first-order valence-electron chi connectivity index (χ1n) is 7.00. The third-order valence-corrected chi connectivity index (χ3v) is 5.18. The maximum atomic E-state index is 12.1. The second-order valence-corrected chi connectivity index (χ2v) is 6.78. The Morgan fingerprint density at radius 2 is 2.18 bits per heavy atom. The van der Waals surface area contributed by atoms with Gasteiger partial charge in [-0.3, -0.25) is 4.79 Å². The van der Waals surface area contributed by atoms with Gasteiger partial charge in [0.2, 0.25) is 0 Å². The predicted octanol–water partition coefficient (Wildman–Crippen LogP) is 3.37. The minimum absolute atomic E-state index is 0.123. The van der Waals surface area contributed by atoms with Crippen LogP contribution in [0.5, 0.6) is 5.75 Å². The average molecular weight is 332 g/mol. The Bertz CT molecular complexity index is 860. The molecule has 2 aromatic heterocycles. The number of aryl methyl sites for hydroxylation is 1. The number of rotatable bonds is 4. The van der Waals surface area contributed by atoms with Gasteiger partial charge in [-0.25, -0.2) is 0 Å². The molecule has 0 aliphatic rings. The summed E-state index contributed by atoms with van der Waals surface area (Å²) in [6.07, 6.45) is 0.351. The van der Waals surface area contributed by atoms with Gasteiger partial charge in [-0.2, -0.15) is 4.99 Å². The van der Waals surface area contributed by atoms with Crippen LogP contribution in [0.25, 0.3) is 10.2 Å². The normalized spacial score (nSPS) is 12.0. The van der Waals surface area contributed by atoms with Crippen molar-refractivity contribution in [2.45, 2.75) is 13.3 Å². The first-order chi connectivity index (χ1) is 10.7. The van der Waals surface area contributed by atoms with Crippen molar-refractivity contribution in [2.75, 3.05) is 6.61 Å². The third-order valence-electron chi connectivity index (χ3n) is 3.21. The van der Waals surface area contributed by atoms with E-state index in [1.807, 2.05) is 54.3 Å². The number of amides is 1. The number of benzene rings is 1. The number of ether oxygens (including phenoxy) is 1. The second-order valence-electron chi connectivity index (χ2n) is 4.74. The number of thiazole rings is 1. The summed E-state index contributed by atoms with van der Waals surface area (Å²) >= 11 is 3.08. The summed E-state index contributed by atoms with van der Waals surface area (Å²) in [5.74, 6) is 0.702. The summed E-state index contributed by atoms with van der Waals surface area (Å²) in [4.78, 5) is 18.1. The summed E-state index contributed by atoms with van der Waals surface area (Å²) < 4.78 is 8.66.